The Hall–Kier alpha value is -1.10. The lowest BCUT2D eigenvalue weighted by Crippen LogP contribution is -2.34. The summed E-state index contributed by atoms with van der Waals surface area (Å²) < 4.78 is 0. The molecule has 1 aliphatic rings. The molecule has 94 valence electrons. The molecule has 0 atom stereocenters. The minimum Gasteiger partial charge on any atom is -0.357 e. The number of nitrogens with zero attached hydrogens (tertiary/aromatic N) is 4. The fourth-order valence-electron chi connectivity index (χ4n) is 2.36. The highest BCUT2D eigenvalue weighted by molar-refractivity contribution is 6.28. The molecule has 0 aromatic carbocycles. The van der Waals surface area contributed by atoms with Crippen LogP contribution in [0.5, 0.6) is 0 Å². The molecule has 1 aromatic rings. The third-order valence-corrected chi connectivity index (χ3v) is 3.35. The van der Waals surface area contributed by atoms with Crippen LogP contribution in [0.2, 0.25) is 5.28 Å². The Labute approximate surface area is 107 Å². The number of hydrogen-bond acceptors (Lipinski definition) is 5. The fraction of sp³-hybridized carbons (Fsp3) is 0.727. The Kier molecular flexibility index (Phi) is 3.99. The first-order valence-electron chi connectivity index (χ1n) is 6.10. The van der Waals surface area contributed by atoms with Gasteiger partial charge in [-0.05, 0) is 31.4 Å². The van der Waals surface area contributed by atoms with Crippen LogP contribution in [0.1, 0.15) is 32.6 Å². The molecule has 5 nitrogen and oxygen atoms in total. The Balaban J connectivity index is 2.25. The topological polar surface area (TPSA) is 53.9 Å². The molecule has 0 saturated heterocycles. The maximum Gasteiger partial charge on any atom is 0.231 e. The third kappa shape index (κ3) is 2.77. The van der Waals surface area contributed by atoms with Crippen molar-refractivity contribution in [2.24, 2.45) is 0 Å². The van der Waals surface area contributed by atoms with Crippen LogP contribution in [-0.2, 0) is 0 Å². The van der Waals surface area contributed by atoms with E-state index in [1.807, 2.05) is 0 Å². The summed E-state index contributed by atoms with van der Waals surface area (Å²) in [6, 6.07) is 0.545. The van der Waals surface area contributed by atoms with Crippen molar-refractivity contribution in [3.05, 3.63) is 5.28 Å². The van der Waals surface area contributed by atoms with E-state index in [0.29, 0.717) is 17.9 Å². The molecule has 1 N–H and O–H groups in total. The van der Waals surface area contributed by atoms with E-state index >= 15 is 0 Å². The zero-order chi connectivity index (χ0) is 12.3. The van der Waals surface area contributed by atoms with E-state index in [-0.39, 0.29) is 5.28 Å². The minimum atomic E-state index is 0.246. The number of nitrogens with one attached hydrogen (secondary N) is 1. The van der Waals surface area contributed by atoms with E-state index in [9.17, 15) is 0 Å². The third-order valence-electron chi connectivity index (χ3n) is 3.18. The van der Waals surface area contributed by atoms with E-state index in [0.717, 1.165) is 6.54 Å². The predicted octanol–water partition coefficient (Wildman–Crippen LogP) is 2.34. The molecule has 2 rings (SSSR count). The zero-order valence-electron chi connectivity index (χ0n) is 10.3. The van der Waals surface area contributed by atoms with Crippen LogP contribution in [0.3, 0.4) is 0 Å². The zero-order valence-corrected chi connectivity index (χ0v) is 11.0. The molecule has 6 heteroatoms. The van der Waals surface area contributed by atoms with Gasteiger partial charge in [-0.2, -0.15) is 15.0 Å². The monoisotopic (exact) mass is 255 g/mol. The second-order valence-electron chi connectivity index (χ2n) is 4.20. The smallest absolute Gasteiger partial charge is 0.231 e. The average Bonchev–Trinajstić information content (AvgIpc) is 2.83. The summed E-state index contributed by atoms with van der Waals surface area (Å²) in [5.74, 6) is 1.21. The van der Waals surface area contributed by atoms with Crippen molar-refractivity contribution in [2.45, 2.75) is 38.6 Å². The lowest BCUT2D eigenvalue weighted by molar-refractivity contribution is 0.604. The molecule has 0 amide bonds. The molecule has 17 heavy (non-hydrogen) atoms. The van der Waals surface area contributed by atoms with Crippen molar-refractivity contribution in [3.63, 3.8) is 0 Å². The molecule has 0 radical (unpaired) electrons. The van der Waals surface area contributed by atoms with E-state index in [2.05, 4.69) is 32.1 Å². The van der Waals surface area contributed by atoms with Crippen molar-refractivity contribution in [3.8, 4) is 0 Å². The van der Waals surface area contributed by atoms with E-state index in [1.54, 1.807) is 7.05 Å². The second-order valence-corrected chi connectivity index (χ2v) is 4.54. The van der Waals surface area contributed by atoms with Crippen LogP contribution in [0.4, 0.5) is 11.9 Å². The van der Waals surface area contributed by atoms with Crippen LogP contribution in [0.15, 0.2) is 0 Å². The van der Waals surface area contributed by atoms with Crippen LogP contribution in [0, 0.1) is 0 Å². The van der Waals surface area contributed by atoms with Gasteiger partial charge in [0.15, 0.2) is 0 Å². The van der Waals surface area contributed by atoms with Gasteiger partial charge in [-0.3, -0.25) is 0 Å². The summed E-state index contributed by atoms with van der Waals surface area (Å²) in [6.45, 7) is 3.02. The molecule has 1 heterocycles. The molecule has 1 aromatic heterocycles. The average molecular weight is 256 g/mol. The van der Waals surface area contributed by atoms with E-state index in [4.69, 9.17) is 11.6 Å². The Morgan fingerprint density at radius 2 is 2.00 bits per heavy atom. The van der Waals surface area contributed by atoms with Gasteiger partial charge < -0.3 is 10.2 Å². The second kappa shape index (κ2) is 5.49. The highest BCUT2D eigenvalue weighted by Crippen LogP contribution is 2.26. The maximum atomic E-state index is 5.91. The summed E-state index contributed by atoms with van der Waals surface area (Å²) in [4.78, 5) is 14.8. The summed E-state index contributed by atoms with van der Waals surface area (Å²) in [5, 5.41) is 3.15. The lowest BCUT2D eigenvalue weighted by atomic mass is 10.2. The number of halogens is 1. The van der Waals surface area contributed by atoms with Crippen molar-refractivity contribution < 1.29 is 0 Å². The molecule has 1 saturated carbocycles. The van der Waals surface area contributed by atoms with Gasteiger partial charge in [0, 0.05) is 19.6 Å². The number of aromatic nitrogens is 3. The largest absolute Gasteiger partial charge is 0.357 e. The van der Waals surface area contributed by atoms with Crippen LogP contribution in [-0.4, -0.2) is 34.6 Å². The number of rotatable bonds is 4. The fourth-order valence-corrected chi connectivity index (χ4v) is 2.51. The van der Waals surface area contributed by atoms with Gasteiger partial charge in [-0.1, -0.05) is 12.8 Å². The quantitative estimate of drug-likeness (QED) is 0.895. The Bertz CT molecular complexity index is 378. The molecule has 1 aliphatic carbocycles. The minimum absolute atomic E-state index is 0.246. The molecule has 0 bridgehead atoms. The lowest BCUT2D eigenvalue weighted by Gasteiger charge is -2.27. The highest BCUT2D eigenvalue weighted by Gasteiger charge is 2.24. The molecule has 0 spiro atoms. The first kappa shape index (κ1) is 12.4. The first-order chi connectivity index (χ1) is 8.24. The summed E-state index contributed by atoms with van der Waals surface area (Å²) in [7, 11) is 1.78. The van der Waals surface area contributed by atoms with Crippen molar-refractivity contribution in [1.82, 2.24) is 15.0 Å². The van der Waals surface area contributed by atoms with Crippen LogP contribution < -0.4 is 10.2 Å². The first-order valence-corrected chi connectivity index (χ1v) is 6.48. The normalized spacial score (nSPS) is 16.2. The predicted molar refractivity (Wildman–Crippen MR) is 69.7 cm³/mol. The Morgan fingerprint density at radius 1 is 1.29 bits per heavy atom. The Morgan fingerprint density at radius 3 is 2.59 bits per heavy atom. The molecule has 1 fully saturated rings. The van der Waals surface area contributed by atoms with Gasteiger partial charge in [0.1, 0.15) is 0 Å². The molecule has 0 aliphatic heterocycles. The van der Waals surface area contributed by atoms with E-state index < -0.39 is 0 Å². The highest BCUT2D eigenvalue weighted by atomic mass is 35.5. The van der Waals surface area contributed by atoms with E-state index in [1.165, 1.54) is 25.7 Å². The summed E-state index contributed by atoms with van der Waals surface area (Å²) in [6.07, 6.45) is 5.01. The van der Waals surface area contributed by atoms with Gasteiger partial charge in [0.2, 0.25) is 17.2 Å². The van der Waals surface area contributed by atoms with Crippen molar-refractivity contribution in [1.29, 1.82) is 0 Å². The number of anilines is 2. The standard InChI is InChI=1S/C11H18ClN5/c1-3-17(8-6-4-5-7-8)11-15-9(12)14-10(13-2)16-11/h8H,3-7H2,1-2H3,(H,13,14,15,16). The van der Waals surface area contributed by atoms with Gasteiger partial charge >= 0.3 is 0 Å². The number of hydrogen-bond donors (Lipinski definition) is 1. The van der Waals surface area contributed by atoms with Gasteiger partial charge in [-0.25, -0.2) is 0 Å². The molecule has 0 unspecified atom stereocenters. The van der Waals surface area contributed by atoms with Crippen molar-refractivity contribution >= 4 is 23.5 Å². The van der Waals surface area contributed by atoms with Crippen LogP contribution >= 0.6 is 11.6 Å². The van der Waals surface area contributed by atoms with Gasteiger partial charge in [-0.15, -0.1) is 0 Å². The van der Waals surface area contributed by atoms with Crippen LogP contribution in [0.25, 0.3) is 0 Å². The van der Waals surface area contributed by atoms with Crippen molar-refractivity contribution in [2.75, 3.05) is 23.8 Å². The SMILES string of the molecule is CCN(c1nc(Cl)nc(NC)n1)C1CCCC1. The van der Waals surface area contributed by atoms with Gasteiger partial charge in [0.05, 0.1) is 0 Å². The summed E-state index contributed by atoms with van der Waals surface area (Å²) in [5.41, 5.74) is 0. The maximum absolute atomic E-state index is 5.91. The molecular formula is C11H18ClN5. The molecular weight excluding hydrogens is 238 g/mol. The van der Waals surface area contributed by atoms with Gasteiger partial charge in [0.25, 0.3) is 0 Å². The summed E-state index contributed by atoms with van der Waals surface area (Å²) >= 11 is 5.91.